The minimum Gasteiger partial charge on any atom is -0.497 e. The predicted octanol–water partition coefficient (Wildman–Crippen LogP) is 5.65. The molecule has 2 aliphatic rings. The van der Waals surface area contributed by atoms with Crippen molar-refractivity contribution in [3.63, 3.8) is 0 Å². The number of allylic oxidation sites excluding steroid dienone is 1. The Balaban J connectivity index is 1.29. The average molecular weight is 541 g/mol. The number of methoxy groups -OCH3 is 1. The molecule has 2 saturated heterocycles. The summed E-state index contributed by atoms with van der Waals surface area (Å²) < 4.78 is 36.7. The third kappa shape index (κ3) is 6.59. The van der Waals surface area contributed by atoms with Crippen molar-refractivity contribution in [2.75, 3.05) is 33.3 Å². The van der Waals surface area contributed by atoms with Gasteiger partial charge >= 0.3 is 6.09 Å². The van der Waals surface area contributed by atoms with E-state index in [1.54, 1.807) is 43.5 Å². The Morgan fingerprint density at radius 3 is 1.89 bits per heavy atom. The van der Waals surface area contributed by atoms with Crippen LogP contribution in [0.1, 0.15) is 52.0 Å². The molecule has 1 amide bonds. The fraction of sp³-hybridized carbons (Fsp3) is 0.500. The Labute approximate surface area is 227 Å². The van der Waals surface area contributed by atoms with Gasteiger partial charge < -0.3 is 19.3 Å². The maximum Gasteiger partial charge on any atom is 0.410 e. The molecule has 2 aliphatic heterocycles. The number of nitrogens with zero attached hydrogens (tertiary/aromatic N) is 2. The fourth-order valence-electron chi connectivity index (χ4n) is 5.33. The van der Waals surface area contributed by atoms with Crippen LogP contribution in [0.25, 0.3) is 5.57 Å². The van der Waals surface area contributed by atoms with Gasteiger partial charge in [-0.2, -0.15) is 0 Å². The first kappa shape index (κ1) is 28.2. The molecule has 2 fully saturated rings. The number of hydrogen-bond acceptors (Lipinski definition) is 6. The van der Waals surface area contributed by atoms with Gasteiger partial charge in [0, 0.05) is 19.1 Å². The largest absolute Gasteiger partial charge is 0.497 e. The van der Waals surface area contributed by atoms with E-state index in [0.717, 1.165) is 63.0 Å². The first-order chi connectivity index (χ1) is 18.0. The van der Waals surface area contributed by atoms with Crippen LogP contribution in [-0.4, -0.2) is 69.2 Å². The Hall–Kier alpha value is -2.84. The average Bonchev–Trinajstić information content (AvgIpc) is 2.92. The molecule has 0 saturated carbocycles. The van der Waals surface area contributed by atoms with Crippen molar-refractivity contribution in [1.29, 1.82) is 0 Å². The molecule has 0 radical (unpaired) electrons. The summed E-state index contributed by atoms with van der Waals surface area (Å²) in [6.07, 6.45) is 3.77. The molecule has 0 unspecified atom stereocenters. The molecule has 206 valence electrons. The second-order valence-corrected chi connectivity index (χ2v) is 13.2. The molecule has 0 spiro atoms. The van der Waals surface area contributed by atoms with Crippen LogP contribution in [0.3, 0.4) is 0 Å². The van der Waals surface area contributed by atoms with E-state index in [9.17, 15) is 13.2 Å². The lowest BCUT2D eigenvalue weighted by molar-refractivity contribution is 0.0125. The Morgan fingerprint density at radius 1 is 0.868 bits per heavy atom. The van der Waals surface area contributed by atoms with Crippen LogP contribution >= 0.6 is 0 Å². The number of carbonyl (C=O) groups is 1. The van der Waals surface area contributed by atoms with Gasteiger partial charge in [-0.15, -0.1) is 0 Å². The van der Waals surface area contributed by atoms with Crippen LogP contribution in [0.5, 0.6) is 5.75 Å². The minimum atomic E-state index is -3.59. The highest BCUT2D eigenvalue weighted by molar-refractivity contribution is 7.91. The normalized spacial score (nSPS) is 18.3. The van der Waals surface area contributed by atoms with Crippen molar-refractivity contribution in [1.82, 2.24) is 9.80 Å². The molecule has 0 aliphatic carbocycles. The molecule has 38 heavy (non-hydrogen) atoms. The minimum absolute atomic E-state index is 0.214. The van der Waals surface area contributed by atoms with E-state index >= 15 is 0 Å². The topological polar surface area (TPSA) is 76.2 Å². The molecule has 8 heteroatoms. The van der Waals surface area contributed by atoms with E-state index < -0.39 is 15.4 Å². The van der Waals surface area contributed by atoms with Gasteiger partial charge in [-0.1, -0.05) is 18.7 Å². The van der Waals surface area contributed by atoms with Crippen molar-refractivity contribution >= 4 is 21.5 Å². The summed E-state index contributed by atoms with van der Waals surface area (Å²) in [5.74, 6) is 0.991. The number of sulfone groups is 1. The Bertz CT molecular complexity index is 1220. The molecule has 2 aromatic rings. The third-order valence-corrected chi connectivity index (χ3v) is 9.35. The molecule has 0 N–H and O–H groups in total. The van der Waals surface area contributed by atoms with E-state index in [2.05, 4.69) is 11.5 Å². The lowest BCUT2D eigenvalue weighted by Crippen LogP contribution is -2.49. The zero-order valence-corrected chi connectivity index (χ0v) is 23.8. The SMILES string of the molecule is C=C(c1ccc(S(=O)(=O)c2ccc(OC)cc2)cc1)C1CCN(C2CCN(C(=O)OC(C)(C)C)CC2)CC1. The van der Waals surface area contributed by atoms with E-state index in [0.29, 0.717) is 17.7 Å². The Morgan fingerprint density at radius 2 is 1.39 bits per heavy atom. The van der Waals surface area contributed by atoms with Gasteiger partial charge in [0.25, 0.3) is 0 Å². The lowest BCUT2D eigenvalue weighted by atomic mass is 9.85. The number of amides is 1. The highest BCUT2D eigenvalue weighted by atomic mass is 32.2. The standard InChI is InChI=1S/C30H40N2O5S/c1-22(23-6-10-27(11-7-23)38(34,35)28-12-8-26(36-5)9-13-28)24-14-18-31(19-15-24)25-16-20-32(21-17-25)29(33)37-30(2,3)4/h6-13,24-25H,1,14-21H2,2-5H3. The van der Waals surface area contributed by atoms with E-state index in [-0.39, 0.29) is 15.9 Å². The van der Waals surface area contributed by atoms with Crippen molar-refractivity contribution in [3.05, 3.63) is 60.7 Å². The maximum absolute atomic E-state index is 13.0. The summed E-state index contributed by atoms with van der Waals surface area (Å²) >= 11 is 0. The molecule has 0 bridgehead atoms. The van der Waals surface area contributed by atoms with E-state index in [1.165, 1.54) is 0 Å². The van der Waals surface area contributed by atoms with Crippen LogP contribution in [-0.2, 0) is 14.6 Å². The number of rotatable bonds is 6. The molecular weight excluding hydrogens is 500 g/mol. The number of piperidine rings is 2. The summed E-state index contributed by atoms with van der Waals surface area (Å²) in [5.41, 5.74) is 1.59. The van der Waals surface area contributed by atoms with Gasteiger partial charge in [0.1, 0.15) is 11.4 Å². The highest BCUT2D eigenvalue weighted by Crippen LogP contribution is 2.33. The molecule has 0 aromatic heterocycles. The van der Waals surface area contributed by atoms with Crippen molar-refractivity contribution in [2.24, 2.45) is 5.92 Å². The maximum atomic E-state index is 13.0. The third-order valence-electron chi connectivity index (χ3n) is 7.56. The van der Waals surface area contributed by atoms with Crippen molar-refractivity contribution in [2.45, 2.75) is 67.9 Å². The van der Waals surface area contributed by atoms with Crippen molar-refractivity contribution < 1.29 is 22.7 Å². The van der Waals surface area contributed by atoms with Gasteiger partial charge in [-0.3, -0.25) is 0 Å². The first-order valence-electron chi connectivity index (χ1n) is 13.4. The number of likely N-dealkylation sites (tertiary alicyclic amines) is 2. The lowest BCUT2D eigenvalue weighted by Gasteiger charge is -2.42. The first-order valence-corrected chi connectivity index (χ1v) is 14.9. The van der Waals surface area contributed by atoms with Crippen LogP contribution in [0.15, 0.2) is 64.9 Å². The zero-order valence-electron chi connectivity index (χ0n) is 23.0. The summed E-state index contributed by atoms with van der Waals surface area (Å²) in [6.45, 7) is 13.5. The molecule has 0 atom stereocenters. The number of benzene rings is 2. The molecular formula is C30H40N2O5S. The Kier molecular flexibility index (Phi) is 8.52. The molecule has 7 nitrogen and oxygen atoms in total. The monoisotopic (exact) mass is 540 g/mol. The molecule has 4 rings (SSSR count). The summed E-state index contributed by atoms with van der Waals surface area (Å²) in [5, 5.41) is 0. The quantitative estimate of drug-likeness (QED) is 0.471. The predicted molar refractivity (Wildman–Crippen MR) is 149 cm³/mol. The van der Waals surface area contributed by atoms with Gasteiger partial charge in [0.05, 0.1) is 16.9 Å². The molecule has 2 heterocycles. The van der Waals surface area contributed by atoms with Crippen LogP contribution in [0, 0.1) is 5.92 Å². The van der Waals surface area contributed by atoms with Crippen molar-refractivity contribution in [3.8, 4) is 5.75 Å². The van der Waals surface area contributed by atoms with Crippen LogP contribution in [0.2, 0.25) is 0 Å². The number of ether oxygens (including phenoxy) is 2. The van der Waals surface area contributed by atoms with Gasteiger partial charge in [0.2, 0.25) is 9.84 Å². The highest BCUT2D eigenvalue weighted by Gasteiger charge is 2.32. The van der Waals surface area contributed by atoms with Crippen LogP contribution in [0.4, 0.5) is 4.79 Å². The molecule has 2 aromatic carbocycles. The zero-order chi connectivity index (χ0) is 27.5. The van der Waals surface area contributed by atoms with E-state index in [1.807, 2.05) is 37.8 Å². The van der Waals surface area contributed by atoms with Gasteiger partial charge in [-0.25, -0.2) is 13.2 Å². The second kappa shape index (κ2) is 11.5. The smallest absolute Gasteiger partial charge is 0.410 e. The van der Waals surface area contributed by atoms with Gasteiger partial charge in [-0.05, 0) is 113 Å². The summed E-state index contributed by atoms with van der Waals surface area (Å²) in [7, 11) is -2.04. The second-order valence-electron chi connectivity index (χ2n) is 11.2. The number of carbonyl (C=O) groups excluding carboxylic acids is 1. The van der Waals surface area contributed by atoms with Gasteiger partial charge in [0.15, 0.2) is 0 Å². The fourth-order valence-corrected chi connectivity index (χ4v) is 6.59. The summed E-state index contributed by atoms with van der Waals surface area (Å²) in [6, 6.07) is 14.0. The summed E-state index contributed by atoms with van der Waals surface area (Å²) in [4.78, 5) is 17.3. The number of hydrogen-bond donors (Lipinski definition) is 0. The van der Waals surface area contributed by atoms with E-state index in [4.69, 9.17) is 9.47 Å². The van der Waals surface area contributed by atoms with Crippen LogP contribution < -0.4 is 4.74 Å².